The summed E-state index contributed by atoms with van der Waals surface area (Å²) in [5.74, 6) is 0. The van der Waals surface area contributed by atoms with Crippen molar-refractivity contribution in [1.29, 1.82) is 0 Å². The molecule has 1 saturated carbocycles. The maximum Gasteiger partial charge on any atom is 0.225 e. The van der Waals surface area contributed by atoms with Crippen molar-refractivity contribution in [3.05, 3.63) is 11.6 Å². The summed E-state index contributed by atoms with van der Waals surface area (Å²) in [7, 11) is 1.75. The van der Waals surface area contributed by atoms with Gasteiger partial charge in [0.05, 0.1) is 6.10 Å². The Morgan fingerprint density at radius 3 is 3.00 bits per heavy atom. The van der Waals surface area contributed by atoms with Crippen molar-refractivity contribution in [2.24, 2.45) is 0 Å². The molecule has 1 aliphatic carbocycles. The molecule has 0 spiro atoms. The standard InChI is InChI=1S/C8H12ClN3O/c1-13-7-3-2-6(4-7)12-5-10-11-8(12)9/h5-7H,2-4H2,1H3. The smallest absolute Gasteiger partial charge is 0.225 e. The van der Waals surface area contributed by atoms with Gasteiger partial charge in [-0.25, -0.2) is 0 Å². The van der Waals surface area contributed by atoms with E-state index >= 15 is 0 Å². The summed E-state index contributed by atoms with van der Waals surface area (Å²) in [6.07, 6.45) is 5.24. The van der Waals surface area contributed by atoms with Crippen molar-refractivity contribution in [1.82, 2.24) is 14.8 Å². The third-order valence-corrected chi connectivity index (χ3v) is 2.88. The van der Waals surface area contributed by atoms with Crippen LogP contribution in [0.5, 0.6) is 0 Å². The second-order valence-corrected chi connectivity index (χ2v) is 3.67. The highest BCUT2D eigenvalue weighted by Gasteiger charge is 2.26. The lowest BCUT2D eigenvalue weighted by atomic mass is 10.2. The number of hydrogen-bond donors (Lipinski definition) is 0. The molecular formula is C8H12ClN3O. The van der Waals surface area contributed by atoms with E-state index < -0.39 is 0 Å². The zero-order valence-electron chi connectivity index (χ0n) is 7.48. The first-order valence-corrected chi connectivity index (χ1v) is 4.77. The SMILES string of the molecule is COC1CCC(n2cnnc2Cl)C1. The Balaban J connectivity index is 2.08. The van der Waals surface area contributed by atoms with Crippen LogP contribution in [0.15, 0.2) is 6.33 Å². The van der Waals surface area contributed by atoms with Gasteiger partial charge >= 0.3 is 0 Å². The van der Waals surface area contributed by atoms with E-state index in [9.17, 15) is 0 Å². The molecule has 0 aliphatic heterocycles. The van der Waals surface area contributed by atoms with Crippen LogP contribution < -0.4 is 0 Å². The molecule has 4 nitrogen and oxygen atoms in total. The quantitative estimate of drug-likeness (QED) is 0.731. The first-order valence-electron chi connectivity index (χ1n) is 4.39. The Bertz CT molecular complexity index is 289. The molecule has 0 aromatic carbocycles. The Morgan fingerprint density at radius 1 is 1.62 bits per heavy atom. The van der Waals surface area contributed by atoms with Crippen LogP contribution in [0.4, 0.5) is 0 Å². The number of ether oxygens (including phenoxy) is 1. The molecular weight excluding hydrogens is 190 g/mol. The fraction of sp³-hybridized carbons (Fsp3) is 0.750. The molecule has 1 aliphatic rings. The Labute approximate surface area is 81.9 Å². The maximum atomic E-state index is 5.86. The molecule has 1 aromatic rings. The summed E-state index contributed by atoms with van der Waals surface area (Å²) in [5, 5.41) is 7.98. The van der Waals surface area contributed by atoms with Gasteiger partial charge in [-0.15, -0.1) is 10.2 Å². The number of methoxy groups -OCH3 is 1. The number of nitrogens with zero attached hydrogens (tertiary/aromatic N) is 3. The van der Waals surface area contributed by atoms with Crippen molar-refractivity contribution in [2.75, 3.05) is 7.11 Å². The first kappa shape index (κ1) is 8.97. The van der Waals surface area contributed by atoms with Crippen molar-refractivity contribution in [3.63, 3.8) is 0 Å². The third kappa shape index (κ3) is 1.69. The molecule has 72 valence electrons. The monoisotopic (exact) mass is 201 g/mol. The van der Waals surface area contributed by atoms with E-state index in [4.69, 9.17) is 16.3 Å². The van der Waals surface area contributed by atoms with E-state index in [1.54, 1.807) is 13.4 Å². The molecule has 0 amide bonds. The normalized spacial score (nSPS) is 28.2. The zero-order chi connectivity index (χ0) is 9.26. The molecule has 0 bridgehead atoms. The minimum Gasteiger partial charge on any atom is -0.381 e. The molecule has 5 heteroatoms. The highest BCUT2D eigenvalue weighted by molar-refractivity contribution is 6.28. The second-order valence-electron chi connectivity index (χ2n) is 3.33. The Morgan fingerprint density at radius 2 is 2.46 bits per heavy atom. The molecule has 0 N–H and O–H groups in total. The Kier molecular flexibility index (Phi) is 2.51. The zero-order valence-corrected chi connectivity index (χ0v) is 8.24. The molecule has 1 aromatic heterocycles. The van der Waals surface area contributed by atoms with Crippen LogP contribution in [0.25, 0.3) is 0 Å². The fourth-order valence-electron chi connectivity index (χ4n) is 1.86. The van der Waals surface area contributed by atoms with Gasteiger partial charge in [-0.2, -0.15) is 0 Å². The third-order valence-electron chi connectivity index (χ3n) is 2.61. The first-order chi connectivity index (χ1) is 6.31. The maximum absolute atomic E-state index is 5.86. The molecule has 0 saturated heterocycles. The summed E-state index contributed by atoms with van der Waals surface area (Å²) >= 11 is 5.86. The van der Waals surface area contributed by atoms with Gasteiger partial charge in [0.25, 0.3) is 0 Å². The van der Waals surface area contributed by atoms with Crippen LogP contribution >= 0.6 is 11.6 Å². The minimum atomic E-state index is 0.364. The van der Waals surface area contributed by atoms with Crippen LogP contribution in [-0.4, -0.2) is 28.0 Å². The minimum absolute atomic E-state index is 0.364. The van der Waals surface area contributed by atoms with Crippen molar-refractivity contribution < 1.29 is 4.74 Å². The van der Waals surface area contributed by atoms with Gasteiger partial charge in [0.2, 0.25) is 5.28 Å². The van der Waals surface area contributed by atoms with E-state index in [2.05, 4.69) is 10.2 Å². The molecule has 1 heterocycles. The van der Waals surface area contributed by atoms with Gasteiger partial charge in [-0.05, 0) is 30.9 Å². The van der Waals surface area contributed by atoms with Gasteiger partial charge in [-0.3, -0.25) is 0 Å². The van der Waals surface area contributed by atoms with Crippen LogP contribution in [0.1, 0.15) is 25.3 Å². The lowest BCUT2D eigenvalue weighted by Gasteiger charge is -2.11. The lowest BCUT2D eigenvalue weighted by Crippen LogP contribution is -2.08. The number of hydrogen-bond acceptors (Lipinski definition) is 3. The van der Waals surface area contributed by atoms with Crippen LogP contribution in [0.3, 0.4) is 0 Å². The summed E-state index contributed by atoms with van der Waals surface area (Å²) in [5.41, 5.74) is 0. The van der Waals surface area contributed by atoms with Gasteiger partial charge in [0.15, 0.2) is 0 Å². The summed E-state index contributed by atoms with van der Waals surface area (Å²) in [6.45, 7) is 0. The van der Waals surface area contributed by atoms with Crippen LogP contribution in [-0.2, 0) is 4.74 Å². The average molecular weight is 202 g/mol. The molecule has 2 rings (SSSR count). The molecule has 2 unspecified atom stereocenters. The summed E-state index contributed by atoms with van der Waals surface area (Å²) in [6, 6.07) is 0.410. The van der Waals surface area contributed by atoms with Crippen LogP contribution in [0.2, 0.25) is 5.28 Å². The molecule has 13 heavy (non-hydrogen) atoms. The predicted octanol–water partition coefficient (Wildman–Crippen LogP) is 1.67. The fourth-order valence-corrected chi connectivity index (χ4v) is 2.08. The van der Waals surface area contributed by atoms with E-state index in [0.717, 1.165) is 19.3 Å². The highest BCUT2D eigenvalue weighted by Crippen LogP contribution is 2.32. The number of halogens is 1. The van der Waals surface area contributed by atoms with Crippen molar-refractivity contribution >= 4 is 11.6 Å². The van der Waals surface area contributed by atoms with E-state index in [-0.39, 0.29) is 0 Å². The van der Waals surface area contributed by atoms with Gasteiger partial charge < -0.3 is 9.30 Å². The van der Waals surface area contributed by atoms with Crippen LogP contribution in [0, 0.1) is 0 Å². The van der Waals surface area contributed by atoms with E-state index in [1.165, 1.54) is 0 Å². The molecule has 2 atom stereocenters. The van der Waals surface area contributed by atoms with Gasteiger partial charge in [0.1, 0.15) is 6.33 Å². The molecule has 1 fully saturated rings. The van der Waals surface area contributed by atoms with Crippen molar-refractivity contribution in [2.45, 2.75) is 31.4 Å². The van der Waals surface area contributed by atoms with Crippen molar-refractivity contribution in [3.8, 4) is 0 Å². The summed E-state index contributed by atoms with van der Waals surface area (Å²) in [4.78, 5) is 0. The topological polar surface area (TPSA) is 39.9 Å². The van der Waals surface area contributed by atoms with E-state index in [0.29, 0.717) is 17.4 Å². The summed E-state index contributed by atoms with van der Waals surface area (Å²) < 4.78 is 7.20. The average Bonchev–Trinajstić information content (AvgIpc) is 2.71. The largest absolute Gasteiger partial charge is 0.381 e. The van der Waals surface area contributed by atoms with Gasteiger partial charge in [-0.1, -0.05) is 0 Å². The number of rotatable bonds is 2. The second kappa shape index (κ2) is 3.64. The Hall–Kier alpha value is -0.610. The molecule has 0 radical (unpaired) electrons. The van der Waals surface area contributed by atoms with Gasteiger partial charge in [0, 0.05) is 13.2 Å². The lowest BCUT2D eigenvalue weighted by molar-refractivity contribution is 0.106. The predicted molar refractivity (Wildman–Crippen MR) is 48.7 cm³/mol. The highest BCUT2D eigenvalue weighted by atomic mass is 35.5. The number of aromatic nitrogens is 3. The van der Waals surface area contributed by atoms with E-state index in [1.807, 2.05) is 4.57 Å².